The van der Waals surface area contributed by atoms with Crippen LogP contribution >= 0.6 is 0 Å². The van der Waals surface area contributed by atoms with E-state index in [0.717, 1.165) is 0 Å². The minimum atomic E-state index is -0.751. The number of amides is 4. The van der Waals surface area contributed by atoms with E-state index in [-0.39, 0.29) is 115 Å². The molecule has 3 heterocycles. The number of aliphatic hydroxyl groups is 1. The Hall–Kier alpha value is -6.19. The number of hydrogen-bond acceptors (Lipinski definition) is 17. The average Bonchev–Trinajstić information content (AvgIpc) is 3.30. The summed E-state index contributed by atoms with van der Waals surface area (Å²) in [6.45, 7) is 17.3. The van der Waals surface area contributed by atoms with Crippen LogP contribution in [-0.2, 0) is 52.5 Å². The van der Waals surface area contributed by atoms with E-state index in [1.165, 1.54) is 38.5 Å². The van der Waals surface area contributed by atoms with Crippen molar-refractivity contribution in [2.45, 2.75) is 157 Å². The number of nitrogens with zero attached hydrogens (tertiary/aromatic N) is 3. The first-order valence-corrected chi connectivity index (χ1v) is 27.9. The predicted octanol–water partition coefficient (Wildman–Crippen LogP) is 6.75. The van der Waals surface area contributed by atoms with Crippen LogP contribution in [0.2, 0.25) is 0 Å². The standard InChI is InChI=1S/C34H49N3O11.C23H36N2O6/c1-33(2,3)48-27(40)19-21(11-9-17-38)30(41)36-20-25-28(34(25,4)5)29(36)26(39)18-22(31(42)46-6)10-7-8-16-35-32(43)47-24-14-12-23(13-15-24)37(44)45;1-14-8-7-11-31-22(29)24-10-6-5-9-15(21(28)30-4)12-17(26)19-18-16(23(18,2)3)13-25(19)20(14)27/h12-15,21-22,25,28-29,38H,7-11,16-20H2,1-6H3,(H,35,43);14-16,18-19H,5-13H2,1-4H3,(H,24,29)/t21-,22-,25?,28+,29-;14-,15+,16-,18-,19+/m10/s1. The second kappa shape index (κ2) is 27.8. The zero-order valence-electron chi connectivity index (χ0n) is 47.8. The second-order valence-electron chi connectivity index (χ2n) is 24.1. The lowest BCUT2D eigenvalue weighted by Crippen LogP contribution is -2.48. The Kier molecular flexibility index (Phi) is 22.4. The van der Waals surface area contributed by atoms with Crippen LogP contribution in [0.4, 0.5) is 15.3 Å². The number of alkyl carbamates (subject to hydrolysis) is 1. The van der Waals surface area contributed by atoms with Crippen LogP contribution in [0.5, 0.6) is 5.75 Å². The van der Waals surface area contributed by atoms with Gasteiger partial charge in [0.15, 0.2) is 11.6 Å². The molecule has 79 heavy (non-hydrogen) atoms. The van der Waals surface area contributed by atoms with E-state index >= 15 is 0 Å². The summed E-state index contributed by atoms with van der Waals surface area (Å²) >= 11 is 0. The molecule has 4 amide bonds. The van der Waals surface area contributed by atoms with Gasteiger partial charge < -0.3 is 49.2 Å². The summed E-state index contributed by atoms with van der Waals surface area (Å²) in [5, 5.41) is 25.5. The number of nitrogens with one attached hydrogen (secondary N) is 2. The predicted molar refractivity (Wildman–Crippen MR) is 286 cm³/mol. The summed E-state index contributed by atoms with van der Waals surface area (Å²) in [7, 11) is 2.59. The van der Waals surface area contributed by atoms with E-state index < -0.39 is 70.5 Å². The van der Waals surface area contributed by atoms with Gasteiger partial charge in [0.25, 0.3) is 5.69 Å². The molecule has 0 spiro atoms. The summed E-state index contributed by atoms with van der Waals surface area (Å²) < 4.78 is 25.7. The molecule has 6 rings (SSSR count). The third kappa shape index (κ3) is 16.9. The highest BCUT2D eigenvalue weighted by Gasteiger charge is 2.70. The molecular weight excluding hydrogens is 1030 g/mol. The molecule has 10 atom stereocenters. The van der Waals surface area contributed by atoms with Crippen LogP contribution in [0, 0.1) is 68.3 Å². The molecule has 0 aromatic heterocycles. The summed E-state index contributed by atoms with van der Waals surface area (Å²) in [5.74, 6) is -3.69. The Morgan fingerprint density at radius 2 is 1.53 bits per heavy atom. The van der Waals surface area contributed by atoms with Gasteiger partial charge >= 0.3 is 30.1 Å². The highest BCUT2D eigenvalue weighted by atomic mass is 16.6. The van der Waals surface area contributed by atoms with Crippen molar-refractivity contribution < 1.29 is 76.9 Å². The first-order valence-electron chi connectivity index (χ1n) is 27.9. The maximum absolute atomic E-state index is 13.9. The van der Waals surface area contributed by atoms with Crippen molar-refractivity contribution >= 4 is 59.2 Å². The number of rotatable bonds is 18. The number of carbonyl (C=O) groups is 9. The van der Waals surface area contributed by atoms with E-state index in [2.05, 4.69) is 38.3 Å². The van der Waals surface area contributed by atoms with Crippen molar-refractivity contribution in [3.05, 3.63) is 34.4 Å². The summed E-state index contributed by atoms with van der Waals surface area (Å²) in [6, 6.07) is 3.88. The molecule has 0 radical (unpaired) electrons. The van der Waals surface area contributed by atoms with E-state index in [0.29, 0.717) is 83.3 Å². The number of nitro groups is 1. The number of ether oxygens (including phenoxy) is 5. The van der Waals surface area contributed by atoms with Crippen molar-refractivity contribution in [2.75, 3.05) is 53.6 Å². The second-order valence-corrected chi connectivity index (χ2v) is 24.1. The Bertz CT molecular complexity index is 2370. The number of benzene rings is 1. The van der Waals surface area contributed by atoms with Crippen molar-refractivity contribution in [3.63, 3.8) is 0 Å². The maximum atomic E-state index is 13.9. The molecule has 22 nitrogen and oxygen atoms in total. The van der Waals surface area contributed by atoms with Gasteiger partial charge in [-0.25, -0.2) is 9.59 Å². The summed E-state index contributed by atoms with van der Waals surface area (Å²) in [4.78, 5) is 130. The molecule has 5 fully saturated rings. The largest absolute Gasteiger partial charge is 0.469 e. The van der Waals surface area contributed by atoms with Gasteiger partial charge in [0.1, 0.15) is 11.4 Å². The number of nitro benzene ring substituents is 1. The monoisotopic (exact) mass is 1110 g/mol. The van der Waals surface area contributed by atoms with Gasteiger partial charge in [-0.2, -0.15) is 0 Å². The van der Waals surface area contributed by atoms with Crippen LogP contribution in [0.3, 0.4) is 0 Å². The summed E-state index contributed by atoms with van der Waals surface area (Å²) in [5.41, 5.74) is -0.968. The molecule has 2 aliphatic carbocycles. The zero-order chi connectivity index (χ0) is 58.6. The Morgan fingerprint density at radius 3 is 2.16 bits per heavy atom. The average molecular weight is 1110 g/mol. The lowest BCUT2D eigenvalue weighted by molar-refractivity contribution is -0.384. The molecule has 3 N–H and O–H groups in total. The van der Waals surface area contributed by atoms with E-state index in [9.17, 15) is 58.4 Å². The molecule has 22 heteroatoms. The molecule has 3 saturated heterocycles. The fraction of sp³-hybridized carbons (Fsp3) is 0.737. The van der Waals surface area contributed by atoms with Gasteiger partial charge in [-0.15, -0.1) is 0 Å². The molecule has 5 aliphatic rings. The highest BCUT2D eigenvalue weighted by molar-refractivity contribution is 5.95. The lowest BCUT2D eigenvalue weighted by atomic mass is 9.89. The van der Waals surface area contributed by atoms with Crippen LogP contribution < -0.4 is 15.4 Å². The number of ketones is 2. The molecule has 3 aliphatic heterocycles. The van der Waals surface area contributed by atoms with Gasteiger partial charge in [0.05, 0.1) is 56.1 Å². The van der Waals surface area contributed by atoms with Crippen LogP contribution in [0.15, 0.2) is 24.3 Å². The van der Waals surface area contributed by atoms with Gasteiger partial charge in [-0.1, -0.05) is 47.5 Å². The number of likely N-dealkylation sites (tertiary alicyclic amines) is 1. The van der Waals surface area contributed by atoms with Crippen LogP contribution in [0.25, 0.3) is 0 Å². The van der Waals surface area contributed by atoms with Crippen molar-refractivity contribution in [2.24, 2.45) is 58.2 Å². The fourth-order valence-corrected chi connectivity index (χ4v) is 12.1. The number of hydrogen-bond donors (Lipinski definition) is 3. The highest BCUT2D eigenvalue weighted by Crippen LogP contribution is 2.66. The smallest absolute Gasteiger partial charge is 0.412 e. The zero-order valence-corrected chi connectivity index (χ0v) is 47.8. The minimum Gasteiger partial charge on any atom is -0.469 e. The molecule has 0 bridgehead atoms. The normalized spacial score (nSPS) is 26.1. The Balaban J connectivity index is 0.000000318. The third-order valence-electron chi connectivity index (χ3n) is 16.7. The topological polar surface area (TPSA) is 294 Å². The Labute approximate surface area is 463 Å². The minimum absolute atomic E-state index is 0.0234. The quantitative estimate of drug-likeness (QED) is 0.0450. The number of fused-ring (bicyclic) bond motifs is 4. The fourth-order valence-electron chi connectivity index (χ4n) is 12.1. The summed E-state index contributed by atoms with van der Waals surface area (Å²) in [6.07, 6.45) is 3.50. The van der Waals surface area contributed by atoms with Crippen molar-refractivity contribution in [3.8, 4) is 5.75 Å². The molecule has 2 saturated carbocycles. The number of Topliss-reactive ketones (excluding diaryl/α,β-unsaturated/α-hetero) is 2. The van der Waals surface area contributed by atoms with Crippen LogP contribution in [-0.4, -0.2) is 145 Å². The van der Waals surface area contributed by atoms with Gasteiger partial charge in [0.2, 0.25) is 11.8 Å². The van der Waals surface area contributed by atoms with Gasteiger partial charge in [-0.05, 0) is 119 Å². The number of esters is 3. The SMILES string of the molecule is COC(=O)[C@@H]1CCCCNC(=O)OCCC[C@H](C)C(=O)N2C[C@H]3[C@@H]([C@H]2C(=O)C1)C3(C)C.COC(=O)[C@H](CCCCNC(=O)Oc1ccc([N+](=O)[O-])cc1)CC(=O)[C@@H]1[C@@H]2C(CN1C(=O)[C@H](CCCO)CC(=O)OC(C)(C)C)C2(C)C. The van der Waals surface area contributed by atoms with Gasteiger partial charge in [-0.3, -0.25) is 43.7 Å². The molecule has 1 aromatic rings. The number of non-ortho nitro benzene ring substituents is 1. The van der Waals surface area contributed by atoms with Crippen molar-refractivity contribution in [1.29, 1.82) is 0 Å². The molecule has 440 valence electrons. The third-order valence-corrected chi connectivity index (χ3v) is 16.7. The van der Waals surface area contributed by atoms with E-state index in [1.54, 1.807) is 30.6 Å². The van der Waals surface area contributed by atoms with E-state index in [4.69, 9.17) is 23.7 Å². The first kappa shape index (κ1) is 63.6. The van der Waals surface area contributed by atoms with Crippen LogP contribution in [0.1, 0.15) is 139 Å². The number of cyclic esters (lactones) is 1. The number of aliphatic hydroxyl groups excluding tert-OH is 1. The number of piperidine rings is 2. The number of unbranched alkanes of at least 4 members (excludes halogenated alkanes) is 1. The van der Waals surface area contributed by atoms with Gasteiger partial charge in [0, 0.05) is 69.6 Å². The number of carbonyl (C=O) groups excluding carboxylic acids is 9. The molecule has 1 aromatic carbocycles. The molecular formula is C57H85N5O17. The lowest BCUT2D eigenvalue weighted by Gasteiger charge is -2.33. The van der Waals surface area contributed by atoms with Crippen molar-refractivity contribution in [1.82, 2.24) is 20.4 Å². The number of methoxy groups -OCH3 is 2. The molecule has 1 unspecified atom stereocenters. The maximum Gasteiger partial charge on any atom is 0.412 e. The first-order chi connectivity index (χ1) is 37.2. The Morgan fingerprint density at radius 1 is 0.873 bits per heavy atom. The van der Waals surface area contributed by atoms with E-state index in [1.807, 2.05) is 6.92 Å².